The molecule has 0 radical (unpaired) electrons. The molecule has 0 saturated heterocycles. The maximum atomic E-state index is 9.19. The zero-order chi connectivity index (χ0) is 16.2. The van der Waals surface area contributed by atoms with Crippen LogP contribution in [0.4, 0.5) is 5.69 Å². The zero-order valence-electron chi connectivity index (χ0n) is 12.7. The molecule has 4 nitrogen and oxygen atoms in total. The summed E-state index contributed by atoms with van der Waals surface area (Å²) in [6.45, 7) is 0.647. The molecule has 0 bridgehead atoms. The van der Waals surface area contributed by atoms with Crippen LogP contribution in [0.15, 0.2) is 54.6 Å². The van der Waals surface area contributed by atoms with Crippen molar-refractivity contribution in [2.45, 2.75) is 6.54 Å². The van der Waals surface area contributed by atoms with Gasteiger partial charge in [-0.2, -0.15) is 10.5 Å². The number of pyridine rings is 1. The van der Waals surface area contributed by atoms with Crippen LogP contribution in [-0.4, -0.2) is 12.0 Å². The Morgan fingerprint density at radius 2 is 1.83 bits per heavy atom. The molecule has 3 aromatic rings. The first kappa shape index (κ1) is 14.6. The summed E-state index contributed by atoms with van der Waals surface area (Å²) < 4.78 is 0. The monoisotopic (exact) mass is 298 g/mol. The fraction of sp³-hybridized carbons (Fsp3) is 0.105. The number of rotatable bonds is 3. The number of nitriles is 2. The summed E-state index contributed by atoms with van der Waals surface area (Å²) in [5.41, 5.74) is 3.85. The van der Waals surface area contributed by atoms with Gasteiger partial charge < -0.3 is 4.90 Å². The zero-order valence-corrected chi connectivity index (χ0v) is 12.7. The van der Waals surface area contributed by atoms with Crippen LogP contribution in [0.1, 0.15) is 16.8 Å². The molecule has 0 atom stereocenters. The topological polar surface area (TPSA) is 63.7 Å². The summed E-state index contributed by atoms with van der Waals surface area (Å²) in [6, 6.07) is 21.4. The first-order valence-corrected chi connectivity index (χ1v) is 7.21. The Balaban J connectivity index is 2.02. The first-order chi connectivity index (χ1) is 11.2. The van der Waals surface area contributed by atoms with E-state index in [9.17, 15) is 5.26 Å². The minimum Gasteiger partial charge on any atom is -0.370 e. The fourth-order valence-corrected chi connectivity index (χ4v) is 2.63. The molecule has 0 fully saturated rings. The lowest BCUT2D eigenvalue weighted by Gasteiger charge is -2.21. The maximum absolute atomic E-state index is 9.19. The number of anilines is 1. The smallest absolute Gasteiger partial charge is 0.143 e. The van der Waals surface area contributed by atoms with Gasteiger partial charge in [0.25, 0.3) is 0 Å². The lowest BCUT2D eigenvalue weighted by molar-refractivity contribution is 0.925. The fourth-order valence-electron chi connectivity index (χ4n) is 2.63. The first-order valence-electron chi connectivity index (χ1n) is 7.21. The van der Waals surface area contributed by atoms with Crippen LogP contribution in [0.2, 0.25) is 0 Å². The van der Waals surface area contributed by atoms with Crippen LogP contribution in [0.5, 0.6) is 0 Å². The third-order valence-electron chi connectivity index (χ3n) is 3.70. The van der Waals surface area contributed by atoms with Crippen LogP contribution >= 0.6 is 0 Å². The van der Waals surface area contributed by atoms with E-state index in [-0.39, 0.29) is 0 Å². The minimum atomic E-state index is 0.399. The van der Waals surface area contributed by atoms with Crippen molar-refractivity contribution in [3.05, 3.63) is 71.4 Å². The Morgan fingerprint density at radius 3 is 2.61 bits per heavy atom. The second-order valence-electron chi connectivity index (χ2n) is 5.32. The van der Waals surface area contributed by atoms with Gasteiger partial charge in [0.2, 0.25) is 0 Å². The van der Waals surface area contributed by atoms with E-state index in [1.807, 2.05) is 49.5 Å². The van der Waals surface area contributed by atoms with E-state index < -0.39 is 0 Å². The van der Waals surface area contributed by atoms with Gasteiger partial charge in [0.15, 0.2) is 0 Å². The van der Waals surface area contributed by atoms with Gasteiger partial charge in [-0.25, -0.2) is 4.98 Å². The van der Waals surface area contributed by atoms with Gasteiger partial charge in [-0.1, -0.05) is 30.3 Å². The summed E-state index contributed by atoms with van der Waals surface area (Å²) in [5, 5.41) is 19.2. The van der Waals surface area contributed by atoms with E-state index >= 15 is 0 Å². The molecule has 0 aliphatic heterocycles. The highest BCUT2D eigenvalue weighted by molar-refractivity contribution is 5.92. The van der Waals surface area contributed by atoms with Gasteiger partial charge in [0.05, 0.1) is 17.1 Å². The van der Waals surface area contributed by atoms with Gasteiger partial charge in [-0.05, 0) is 29.8 Å². The second kappa shape index (κ2) is 6.17. The molecule has 0 unspecified atom stereocenters. The van der Waals surface area contributed by atoms with E-state index in [0.29, 0.717) is 17.8 Å². The van der Waals surface area contributed by atoms with Crippen molar-refractivity contribution in [2.24, 2.45) is 0 Å². The largest absolute Gasteiger partial charge is 0.370 e. The lowest BCUT2D eigenvalue weighted by Crippen LogP contribution is -2.17. The predicted molar refractivity (Wildman–Crippen MR) is 89.7 cm³/mol. The second-order valence-corrected chi connectivity index (χ2v) is 5.32. The molecule has 0 aliphatic rings. The Bertz CT molecular complexity index is 947. The van der Waals surface area contributed by atoms with Crippen LogP contribution in [0, 0.1) is 22.7 Å². The highest BCUT2D eigenvalue weighted by Crippen LogP contribution is 2.27. The van der Waals surface area contributed by atoms with E-state index in [1.54, 1.807) is 12.1 Å². The van der Waals surface area contributed by atoms with E-state index in [1.165, 1.54) is 0 Å². The summed E-state index contributed by atoms with van der Waals surface area (Å²) in [7, 11) is 1.97. The molecule has 0 aliphatic carbocycles. The molecular weight excluding hydrogens is 284 g/mol. The molecular formula is C19H14N4. The van der Waals surface area contributed by atoms with Gasteiger partial charge in [0, 0.05) is 24.7 Å². The highest BCUT2D eigenvalue weighted by Gasteiger charge is 2.10. The molecule has 1 heterocycles. The SMILES string of the molecule is CN(Cc1cccc(C#N)c1)c1cc(C#N)nc2ccccc12. The third kappa shape index (κ3) is 2.97. The number of fused-ring (bicyclic) bond motifs is 1. The Kier molecular flexibility index (Phi) is 3.91. The summed E-state index contributed by atoms with van der Waals surface area (Å²) in [6.07, 6.45) is 0. The molecule has 23 heavy (non-hydrogen) atoms. The molecule has 0 amide bonds. The number of aromatic nitrogens is 1. The van der Waals surface area contributed by atoms with Crippen molar-refractivity contribution >= 4 is 16.6 Å². The van der Waals surface area contributed by atoms with Crippen molar-refractivity contribution in [2.75, 3.05) is 11.9 Å². The average Bonchev–Trinajstić information content (AvgIpc) is 2.60. The van der Waals surface area contributed by atoms with E-state index in [4.69, 9.17) is 5.26 Å². The van der Waals surface area contributed by atoms with Crippen LogP contribution < -0.4 is 4.90 Å². The van der Waals surface area contributed by atoms with E-state index in [0.717, 1.165) is 22.2 Å². The van der Waals surface area contributed by atoms with Gasteiger partial charge >= 0.3 is 0 Å². The van der Waals surface area contributed by atoms with E-state index in [2.05, 4.69) is 22.0 Å². The quantitative estimate of drug-likeness (QED) is 0.741. The number of hydrogen-bond acceptors (Lipinski definition) is 4. The molecule has 0 spiro atoms. The van der Waals surface area contributed by atoms with Crippen molar-refractivity contribution in [1.82, 2.24) is 4.98 Å². The Labute approximate surface area is 134 Å². The molecule has 0 saturated carbocycles. The lowest BCUT2D eigenvalue weighted by atomic mass is 10.1. The Hall–Kier alpha value is -3.37. The number of hydrogen-bond donors (Lipinski definition) is 0. The molecule has 110 valence electrons. The average molecular weight is 298 g/mol. The van der Waals surface area contributed by atoms with Crippen LogP contribution in [0.3, 0.4) is 0 Å². The van der Waals surface area contributed by atoms with Crippen molar-refractivity contribution < 1.29 is 0 Å². The van der Waals surface area contributed by atoms with Crippen molar-refractivity contribution in [1.29, 1.82) is 10.5 Å². The standard InChI is InChI=1S/C19H14N4/c1-23(13-15-6-4-5-14(9-15)11-20)19-10-16(12-21)22-18-8-3-2-7-17(18)19/h2-10H,13H2,1H3. The number of benzene rings is 2. The molecule has 0 N–H and O–H groups in total. The molecule has 2 aromatic carbocycles. The summed E-state index contributed by atoms with van der Waals surface area (Å²) in [4.78, 5) is 6.41. The third-order valence-corrected chi connectivity index (χ3v) is 3.70. The van der Waals surface area contributed by atoms with Gasteiger partial charge in [0.1, 0.15) is 11.8 Å². The van der Waals surface area contributed by atoms with Crippen LogP contribution in [0.25, 0.3) is 10.9 Å². The van der Waals surface area contributed by atoms with Crippen molar-refractivity contribution in [3.8, 4) is 12.1 Å². The predicted octanol–water partition coefficient (Wildman–Crippen LogP) is 3.61. The highest BCUT2D eigenvalue weighted by atomic mass is 15.1. The van der Waals surface area contributed by atoms with Crippen LogP contribution in [-0.2, 0) is 6.54 Å². The maximum Gasteiger partial charge on any atom is 0.143 e. The molecule has 3 rings (SSSR count). The number of nitrogens with zero attached hydrogens (tertiary/aromatic N) is 4. The summed E-state index contributed by atoms with van der Waals surface area (Å²) >= 11 is 0. The Morgan fingerprint density at radius 1 is 1.00 bits per heavy atom. The normalized spacial score (nSPS) is 10.0. The van der Waals surface area contributed by atoms with Gasteiger partial charge in [-0.3, -0.25) is 0 Å². The summed E-state index contributed by atoms with van der Waals surface area (Å²) in [5.74, 6) is 0. The van der Waals surface area contributed by atoms with Crippen molar-refractivity contribution in [3.63, 3.8) is 0 Å². The number of para-hydroxylation sites is 1. The molecule has 4 heteroatoms. The molecule has 1 aromatic heterocycles. The minimum absolute atomic E-state index is 0.399. The van der Waals surface area contributed by atoms with Gasteiger partial charge in [-0.15, -0.1) is 0 Å².